The molecule has 0 aliphatic carbocycles. The highest BCUT2D eigenvalue weighted by Gasteiger charge is 2.10. The van der Waals surface area contributed by atoms with Gasteiger partial charge >= 0.3 is 5.97 Å². The number of carboxylic acids is 1. The molecule has 0 saturated carbocycles. The van der Waals surface area contributed by atoms with Gasteiger partial charge in [0.1, 0.15) is 12.4 Å². The first-order valence-corrected chi connectivity index (χ1v) is 7.23. The summed E-state index contributed by atoms with van der Waals surface area (Å²) in [5.74, 6) is -0.388. The SMILES string of the molecule is CC(C)n1cncc1COc1cc(C(=O)O)ccc1I. The Balaban J connectivity index is 2.16. The Bertz CT molecular complexity index is 623. The minimum Gasteiger partial charge on any atom is -0.486 e. The number of benzene rings is 1. The number of halogens is 1. The number of nitrogens with zero attached hydrogens (tertiary/aromatic N) is 2. The van der Waals surface area contributed by atoms with Gasteiger partial charge in [-0.3, -0.25) is 0 Å². The molecule has 0 radical (unpaired) electrons. The van der Waals surface area contributed by atoms with E-state index in [4.69, 9.17) is 9.84 Å². The van der Waals surface area contributed by atoms with Gasteiger partial charge in [0.25, 0.3) is 0 Å². The van der Waals surface area contributed by atoms with E-state index in [0.29, 0.717) is 18.4 Å². The van der Waals surface area contributed by atoms with Crippen molar-refractivity contribution in [3.8, 4) is 5.75 Å². The highest BCUT2D eigenvalue weighted by atomic mass is 127. The van der Waals surface area contributed by atoms with E-state index >= 15 is 0 Å². The number of hydrogen-bond acceptors (Lipinski definition) is 3. The molecule has 6 heteroatoms. The third-order valence-corrected chi connectivity index (χ3v) is 3.75. The average Bonchev–Trinajstić information content (AvgIpc) is 2.86. The second-order valence-corrected chi connectivity index (χ2v) is 5.79. The maximum absolute atomic E-state index is 11.0. The number of aromatic carboxylic acids is 1. The van der Waals surface area contributed by atoms with Gasteiger partial charge in [-0.1, -0.05) is 0 Å². The van der Waals surface area contributed by atoms with Crippen molar-refractivity contribution in [3.63, 3.8) is 0 Å². The predicted molar refractivity (Wildman–Crippen MR) is 83.1 cm³/mol. The fraction of sp³-hybridized carbons (Fsp3) is 0.286. The summed E-state index contributed by atoms with van der Waals surface area (Å²) in [7, 11) is 0. The third-order valence-electron chi connectivity index (χ3n) is 2.86. The lowest BCUT2D eigenvalue weighted by Gasteiger charge is -2.13. The first-order valence-electron chi connectivity index (χ1n) is 6.15. The van der Waals surface area contributed by atoms with Crippen LogP contribution in [-0.4, -0.2) is 20.6 Å². The minimum atomic E-state index is -0.960. The smallest absolute Gasteiger partial charge is 0.335 e. The van der Waals surface area contributed by atoms with Crippen LogP contribution in [-0.2, 0) is 6.61 Å². The number of carboxylic acid groups (broad SMARTS) is 1. The van der Waals surface area contributed by atoms with Gasteiger partial charge in [-0.25, -0.2) is 9.78 Å². The maximum Gasteiger partial charge on any atom is 0.335 e. The van der Waals surface area contributed by atoms with E-state index in [-0.39, 0.29) is 5.56 Å². The van der Waals surface area contributed by atoms with Crippen molar-refractivity contribution in [3.05, 3.63) is 45.6 Å². The molecule has 1 aromatic carbocycles. The molecule has 2 aromatic rings. The zero-order valence-corrected chi connectivity index (χ0v) is 13.4. The summed E-state index contributed by atoms with van der Waals surface area (Å²) in [5.41, 5.74) is 1.18. The molecule has 0 spiro atoms. The van der Waals surface area contributed by atoms with Gasteiger partial charge in [0, 0.05) is 6.04 Å². The van der Waals surface area contributed by atoms with Crippen molar-refractivity contribution >= 4 is 28.6 Å². The second-order valence-electron chi connectivity index (χ2n) is 4.63. The van der Waals surface area contributed by atoms with Gasteiger partial charge in [-0.05, 0) is 54.6 Å². The van der Waals surface area contributed by atoms with Crippen LogP contribution < -0.4 is 4.74 Å². The first-order chi connectivity index (χ1) is 9.49. The lowest BCUT2D eigenvalue weighted by atomic mass is 10.2. The van der Waals surface area contributed by atoms with Gasteiger partial charge in [0.05, 0.1) is 27.4 Å². The van der Waals surface area contributed by atoms with Crippen LogP contribution in [0, 0.1) is 3.57 Å². The van der Waals surface area contributed by atoms with Gasteiger partial charge in [0.15, 0.2) is 0 Å². The monoisotopic (exact) mass is 386 g/mol. The fourth-order valence-corrected chi connectivity index (χ4v) is 2.30. The van der Waals surface area contributed by atoms with Crippen molar-refractivity contribution in [2.24, 2.45) is 0 Å². The summed E-state index contributed by atoms with van der Waals surface area (Å²) in [4.78, 5) is 15.1. The molecular formula is C14H15IN2O3. The Kier molecular flexibility index (Phi) is 4.64. The van der Waals surface area contributed by atoms with Crippen LogP contribution in [0.15, 0.2) is 30.7 Å². The highest BCUT2D eigenvalue weighted by molar-refractivity contribution is 14.1. The predicted octanol–water partition coefficient (Wildman–Crippen LogP) is 3.35. The number of rotatable bonds is 5. The van der Waals surface area contributed by atoms with Crippen molar-refractivity contribution < 1.29 is 14.6 Å². The summed E-state index contributed by atoms with van der Waals surface area (Å²) in [6.45, 7) is 4.50. The minimum absolute atomic E-state index is 0.220. The summed E-state index contributed by atoms with van der Waals surface area (Å²) in [6.07, 6.45) is 3.52. The van der Waals surface area contributed by atoms with Crippen LogP contribution in [0.25, 0.3) is 0 Å². The van der Waals surface area contributed by atoms with E-state index in [9.17, 15) is 4.79 Å². The van der Waals surface area contributed by atoms with Gasteiger partial charge < -0.3 is 14.4 Å². The van der Waals surface area contributed by atoms with Crippen molar-refractivity contribution in [2.75, 3.05) is 0 Å². The molecule has 2 rings (SSSR count). The molecule has 0 fully saturated rings. The number of ether oxygens (including phenoxy) is 1. The molecule has 0 aliphatic heterocycles. The number of imidazole rings is 1. The molecule has 1 aromatic heterocycles. The number of aromatic nitrogens is 2. The van der Waals surface area contributed by atoms with E-state index in [1.807, 2.05) is 4.57 Å². The average molecular weight is 386 g/mol. The van der Waals surface area contributed by atoms with Crippen molar-refractivity contribution in [1.29, 1.82) is 0 Å². The zero-order valence-electron chi connectivity index (χ0n) is 11.2. The lowest BCUT2D eigenvalue weighted by Crippen LogP contribution is -2.08. The van der Waals surface area contributed by atoms with Gasteiger partial charge in [0.2, 0.25) is 0 Å². The summed E-state index contributed by atoms with van der Waals surface area (Å²) in [5, 5.41) is 9.00. The Morgan fingerprint density at radius 3 is 2.90 bits per heavy atom. The summed E-state index contributed by atoms with van der Waals surface area (Å²) < 4.78 is 8.63. The molecule has 0 atom stereocenters. The Morgan fingerprint density at radius 2 is 2.25 bits per heavy atom. The normalized spacial score (nSPS) is 10.8. The zero-order chi connectivity index (χ0) is 14.7. The standard InChI is InChI=1S/C14H15IN2O3/c1-9(2)17-8-16-6-11(17)7-20-13-5-10(14(18)19)3-4-12(13)15/h3-6,8-9H,7H2,1-2H3,(H,18,19). The molecule has 0 bridgehead atoms. The highest BCUT2D eigenvalue weighted by Crippen LogP contribution is 2.23. The molecule has 20 heavy (non-hydrogen) atoms. The van der Waals surface area contributed by atoms with Crippen LogP contribution in [0.3, 0.4) is 0 Å². The van der Waals surface area contributed by atoms with Crippen molar-refractivity contribution in [1.82, 2.24) is 9.55 Å². The molecule has 106 valence electrons. The quantitative estimate of drug-likeness (QED) is 0.801. The first kappa shape index (κ1) is 14.8. The largest absolute Gasteiger partial charge is 0.486 e. The summed E-state index contributed by atoms with van der Waals surface area (Å²) >= 11 is 2.12. The number of hydrogen-bond donors (Lipinski definition) is 1. The van der Waals surface area contributed by atoms with E-state index in [0.717, 1.165) is 9.26 Å². The van der Waals surface area contributed by atoms with E-state index < -0.39 is 5.97 Å². The molecule has 1 heterocycles. The molecule has 0 aliphatic rings. The third kappa shape index (κ3) is 3.30. The van der Waals surface area contributed by atoms with E-state index in [2.05, 4.69) is 41.4 Å². The van der Waals surface area contributed by atoms with Gasteiger partial charge in [-0.15, -0.1) is 0 Å². The fourth-order valence-electron chi connectivity index (χ4n) is 1.81. The number of carbonyl (C=O) groups is 1. The molecular weight excluding hydrogens is 371 g/mol. The van der Waals surface area contributed by atoms with E-state index in [1.165, 1.54) is 0 Å². The second kappa shape index (κ2) is 6.25. The molecule has 5 nitrogen and oxygen atoms in total. The van der Waals surface area contributed by atoms with Crippen LogP contribution in [0.2, 0.25) is 0 Å². The van der Waals surface area contributed by atoms with Crippen LogP contribution in [0.1, 0.15) is 35.9 Å². The molecule has 1 N–H and O–H groups in total. The topological polar surface area (TPSA) is 64.4 Å². The molecule has 0 unspecified atom stereocenters. The molecule has 0 amide bonds. The summed E-state index contributed by atoms with van der Waals surface area (Å²) in [6, 6.07) is 5.15. The molecule has 0 saturated heterocycles. The Labute approximate surface area is 130 Å². The Morgan fingerprint density at radius 1 is 1.50 bits per heavy atom. The Hall–Kier alpha value is -1.57. The lowest BCUT2D eigenvalue weighted by molar-refractivity contribution is 0.0696. The van der Waals surface area contributed by atoms with Crippen LogP contribution >= 0.6 is 22.6 Å². The van der Waals surface area contributed by atoms with Crippen molar-refractivity contribution in [2.45, 2.75) is 26.5 Å². The van der Waals surface area contributed by atoms with E-state index in [1.54, 1.807) is 30.7 Å². The maximum atomic E-state index is 11.0. The van der Waals surface area contributed by atoms with Crippen LogP contribution in [0.4, 0.5) is 0 Å². The van der Waals surface area contributed by atoms with Crippen LogP contribution in [0.5, 0.6) is 5.75 Å². The van der Waals surface area contributed by atoms with Gasteiger partial charge in [-0.2, -0.15) is 0 Å².